The molecule has 112 valence electrons. The molecule has 2 rings (SSSR count). The third kappa shape index (κ3) is 4.03. The summed E-state index contributed by atoms with van der Waals surface area (Å²) in [7, 11) is 0. The van der Waals surface area contributed by atoms with Crippen molar-refractivity contribution < 1.29 is 0 Å². The Morgan fingerprint density at radius 1 is 1.25 bits per heavy atom. The van der Waals surface area contributed by atoms with Gasteiger partial charge < -0.3 is 4.90 Å². The van der Waals surface area contributed by atoms with Crippen LogP contribution in [0.4, 0.5) is 0 Å². The molecule has 0 fully saturated rings. The molecule has 0 saturated heterocycles. The van der Waals surface area contributed by atoms with Crippen molar-refractivity contribution in [3.63, 3.8) is 0 Å². The number of nitrogens with zero attached hydrogens (tertiary/aromatic N) is 1. The van der Waals surface area contributed by atoms with Crippen LogP contribution < -0.4 is 0 Å². The molecule has 1 nitrogen and oxygen atoms in total. The van der Waals surface area contributed by atoms with E-state index in [0.29, 0.717) is 6.04 Å². The van der Waals surface area contributed by atoms with Crippen molar-refractivity contribution >= 4 is 30.0 Å². The molecule has 20 heavy (non-hydrogen) atoms. The van der Waals surface area contributed by atoms with Gasteiger partial charge in [-0.1, -0.05) is 44.3 Å². The highest BCUT2D eigenvalue weighted by molar-refractivity contribution is 7.79. The Bertz CT molecular complexity index is 427. The smallest absolute Gasteiger partial charge is 0.0139 e. The molecule has 1 aliphatic rings. The first kappa shape index (κ1) is 17.6. The minimum Gasteiger partial charge on any atom is -0.300 e. The summed E-state index contributed by atoms with van der Waals surface area (Å²) in [6.45, 7) is 7.02. The van der Waals surface area contributed by atoms with E-state index in [1.54, 1.807) is 0 Å². The number of fused-ring (bicyclic) bond motifs is 1. The first-order chi connectivity index (χ1) is 9.30. The van der Waals surface area contributed by atoms with E-state index in [-0.39, 0.29) is 12.4 Å². The summed E-state index contributed by atoms with van der Waals surface area (Å²) >= 11 is 5.17. The van der Waals surface area contributed by atoms with Gasteiger partial charge in [0.15, 0.2) is 0 Å². The van der Waals surface area contributed by atoms with Crippen LogP contribution in [0.3, 0.4) is 0 Å². The van der Waals surface area contributed by atoms with Crippen molar-refractivity contribution in [2.75, 3.05) is 13.1 Å². The predicted molar refractivity (Wildman–Crippen MR) is 94.4 cm³/mol. The van der Waals surface area contributed by atoms with Gasteiger partial charge >= 0.3 is 0 Å². The number of thiocarbonyl (C=S) groups is 1. The van der Waals surface area contributed by atoms with E-state index >= 15 is 0 Å². The Morgan fingerprint density at radius 2 is 1.95 bits per heavy atom. The maximum absolute atomic E-state index is 5.17. The molecule has 0 heterocycles. The minimum absolute atomic E-state index is 0. The van der Waals surface area contributed by atoms with Gasteiger partial charge in [0, 0.05) is 11.4 Å². The molecule has 0 unspecified atom stereocenters. The summed E-state index contributed by atoms with van der Waals surface area (Å²) in [4.78, 5) is 2.68. The molecule has 0 radical (unpaired) electrons. The van der Waals surface area contributed by atoms with Crippen LogP contribution in [0.15, 0.2) is 18.2 Å². The monoisotopic (exact) mass is 311 g/mol. The lowest BCUT2D eigenvalue weighted by Crippen LogP contribution is -2.40. The van der Waals surface area contributed by atoms with Crippen LogP contribution in [-0.4, -0.2) is 29.4 Å². The van der Waals surface area contributed by atoms with E-state index in [2.05, 4.69) is 36.9 Å². The first-order valence-electron chi connectivity index (χ1n) is 7.60. The molecule has 0 aliphatic heterocycles. The second-order valence-electron chi connectivity index (χ2n) is 5.54. The second-order valence-corrected chi connectivity index (χ2v) is 5.77. The molecule has 3 heteroatoms. The van der Waals surface area contributed by atoms with Crippen LogP contribution in [0.2, 0.25) is 0 Å². The van der Waals surface area contributed by atoms with Crippen LogP contribution in [0, 0.1) is 0 Å². The highest BCUT2D eigenvalue weighted by Gasteiger charge is 2.24. The van der Waals surface area contributed by atoms with Gasteiger partial charge in [-0.15, -0.1) is 12.4 Å². The third-order valence-corrected chi connectivity index (χ3v) is 4.41. The van der Waals surface area contributed by atoms with Crippen molar-refractivity contribution in [1.29, 1.82) is 0 Å². The number of aryl methyl sites for hydroxylation is 1. The Labute approximate surface area is 135 Å². The van der Waals surface area contributed by atoms with Gasteiger partial charge in [0.25, 0.3) is 0 Å². The van der Waals surface area contributed by atoms with Crippen molar-refractivity contribution in [2.24, 2.45) is 0 Å². The predicted octanol–water partition coefficient (Wildman–Crippen LogP) is 4.44. The van der Waals surface area contributed by atoms with Crippen LogP contribution in [0.5, 0.6) is 0 Å². The van der Waals surface area contributed by atoms with Crippen molar-refractivity contribution in [2.45, 2.75) is 52.0 Å². The zero-order valence-corrected chi connectivity index (χ0v) is 14.2. The largest absolute Gasteiger partial charge is 0.300 e. The van der Waals surface area contributed by atoms with Gasteiger partial charge in [-0.2, -0.15) is 0 Å². The van der Waals surface area contributed by atoms with Gasteiger partial charge in [-0.25, -0.2) is 0 Å². The van der Waals surface area contributed by atoms with Crippen molar-refractivity contribution in [1.82, 2.24) is 4.90 Å². The molecular formula is C17H26ClNS. The molecule has 0 spiro atoms. The molecular weight excluding hydrogens is 286 g/mol. The quantitative estimate of drug-likeness (QED) is 0.715. The standard InChI is InChI=1S/C17H25NS.ClH/c1-3-10-18(11-4-2)16-9-8-14-6-5-7-15(13-19)17(14)12-16;/h5-7,13,16H,3-4,8-12H2,1-2H3;1H/t16-;/m0./s1. The lowest BCUT2D eigenvalue weighted by Gasteiger charge is -2.35. The average molecular weight is 312 g/mol. The summed E-state index contributed by atoms with van der Waals surface area (Å²) in [5.74, 6) is 0. The maximum atomic E-state index is 5.17. The molecule has 1 aromatic rings. The molecule has 0 aromatic heterocycles. The topological polar surface area (TPSA) is 3.24 Å². The Kier molecular flexibility index (Phi) is 7.71. The molecule has 1 aliphatic carbocycles. The van der Waals surface area contributed by atoms with E-state index < -0.39 is 0 Å². The lowest BCUT2D eigenvalue weighted by atomic mass is 9.85. The summed E-state index contributed by atoms with van der Waals surface area (Å²) in [5.41, 5.74) is 4.29. The van der Waals surface area contributed by atoms with Gasteiger partial charge in [0.05, 0.1) is 0 Å². The zero-order valence-electron chi connectivity index (χ0n) is 12.6. The van der Waals surface area contributed by atoms with E-state index in [0.717, 1.165) is 0 Å². The van der Waals surface area contributed by atoms with Gasteiger partial charge in [-0.3, -0.25) is 0 Å². The second kappa shape index (κ2) is 8.76. The van der Waals surface area contributed by atoms with Crippen molar-refractivity contribution in [3.05, 3.63) is 34.9 Å². The summed E-state index contributed by atoms with van der Waals surface area (Å²) < 4.78 is 0. The van der Waals surface area contributed by atoms with E-state index in [1.165, 1.54) is 61.9 Å². The molecule has 0 bridgehead atoms. The van der Waals surface area contributed by atoms with E-state index in [1.807, 2.05) is 5.37 Å². The Morgan fingerprint density at radius 3 is 2.55 bits per heavy atom. The van der Waals surface area contributed by atoms with Crippen molar-refractivity contribution in [3.8, 4) is 0 Å². The van der Waals surface area contributed by atoms with Crippen LogP contribution >= 0.6 is 24.6 Å². The maximum Gasteiger partial charge on any atom is 0.0139 e. The third-order valence-electron chi connectivity index (χ3n) is 4.16. The SMILES string of the molecule is CCCN(CCC)[C@H]1CCc2cccc(C=S)c2C1.Cl. The summed E-state index contributed by atoms with van der Waals surface area (Å²) in [6.07, 6.45) is 6.18. The fourth-order valence-electron chi connectivity index (χ4n) is 3.27. The molecule has 0 saturated carbocycles. The highest BCUT2D eigenvalue weighted by Crippen LogP contribution is 2.27. The molecule has 0 N–H and O–H groups in total. The average Bonchev–Trinajstić information content (AvgIpc) is 2.46. The number of rotatable bonds is 6. The van der Waals surface area contributed by atoms with Crippen LogP contribution in [-0.2, 0) is 12.8 Å². The lowest BCUT2D eigenvalue weighted by molar-refractivity contribution is 0.180. The normalized spacial score (nSPS) is 17.4. The fraction of sp³-hybridized carbons (Fsp3) is 0.588. The number of hydrogen-bond acceptors (Lipinski definition) is 2. The summed E-state index contributed by atoms with van der Waals surface area (Å²) in [6, 6.07) is 7.30. The van der Waals surface area contributed by atoms with Gasteiger partial charge in [0.2, 0.25) is 0 Å². The summed E-state index contributed by atoms with van der Waals surface area (Å²) in [5, 5.41) is 1.85. The van der Waals surface area contributed by atoms with Gasteiger partial charge in [-0.05, 0) is 61.9 Å². The van der Waals surface area contributed by atoms with Crippen LogP contribution in [0.25, 0.3) is 0 Å². The number of halogens is 1. The Hall–Kier alpha value is -0.440. The highest BCUT2D eigenvalue weighted by atomic mass is 35.5. The first-order valence-corrected chi connectivity index (χ1v) is 8.07. The zero-order chi connectivity index (χ0) is 13.7. The van der Waals surface area contributed by atoms with E-state index in [4.69, 9.17) is 12.2 Å². The van der Waals surface area contributed by atoms with Crippen LogP contribution in [0.1, 0.15) is 49.8 Å². The number of benzene rings is 1. The molecule has 0 amide bonds. The fourth-order valence-corrected chi connectivity index (χ4v) is 3.49. The molecule has 1 atom stereocenters. The van der Waals surface area contributed by atoms with E-state index in [9.17, 15) is 0 Å². The molecule has 1 aromatic carbocycles. The minimum atomic E-state index is 0. The Balaban J connectivity index is 0.00000200. The van der Waals surface area contributed by atoms with Gasteiger partial charge in [0.1, 0.15) is 0 Å². The number of hydrogen-bond donors (Lipinski definition) is 0.